The fourth-order valence-electron chi connectivity index (χ4n) is 3.26. The molecule has 0 spiro atoms. The third-order valence-corrected chi connectivity index (χ3v) is 5.70. The highest BCUT2D eigenvalue weighted by Gasteiger charge is 2.42. The summed E-state index contributed by atoms with van der Waals surface area (Å²) in [7, 11) is -3.30. The fourth-order valence-corrected chi connectivity index (χ4v) is 3.90. The molecule has 0 radical (unpaired) electrons. The van der Waals surface area contributed by atoms with Gasteiger partial charge in [0.1, 0.15) is 0 Å². The Bertz CT molecular complexity index is 823. The van der Waals surface area contributed by atoms with E-state index in [0.29, 0.717) is 5.02 Å². The highest BCUT2D eigenvalue weighted by Crippen LogP contribution is 2.41. The van der Waals surface area contributed by atoms with Crippen LogP contribution in [-0.4, -0.2) is 44.1 Å². The van der Waals surface area contributed by atoms with Gasteiger partial charge in [-0.25, -0.2) is 22.0 Å². The molecule has 0 aromatic heterocycles. The van der Waals surface area contributed by atoms with Crippen molar-refractivity contribution in [3.63, 3.8) is 0 Å². The molecular weight excluding hydrogens is 410 g/mol. The third kappa shape index (κ3) is 6.44. The standard InChI is InChI=1S/C19H25ClF2N2O3S/c1-13(9-11-28(3,26)27)23-18(25)24-10-8-15(19(2,21)22)12-17(24)14-4-6-16(20)7-5-14/h4-7,9,11,13,15,17H,8,10,12H2,1-3H3,(H,23,25)/b11-9+/t13?,15-,17+/m1/s1. The summed E-state index contributed by atoms with van der Waals surface area (Å²) in [5.41, 5.74) is 0.729. The molecule has 2 rings (SSSR count). The van der Waals surface area contributed by atoms with Crippen LogP contribution in [0.2, 0.25) is 5.02 Å². The molecule has 9 heteroatoms. The molecule has 0 bridgehead atoms. The summed E-state index contributed by atoms with van der Waals surface area (Å²) < 4.78 is 50.3. The summed E-state index contributed by atoms with van der Waals surface area (Å²) in [4.78, 5) is 14.3. The smallest absolute Gasteiger partial charge is 0.318 e. The van der Waals surface area contributed by atoms with Crippen LogP contribution in [0, 0.1) is 5.92 Å². The van der Waals surface area contributed by atoms with Crippen LogP contribution >= 0.6 is 11.6 Å². The number of likely N-dealkylation sites (tertiary alicyclic amines) is 1. The van der Waals surface area contributed by atoms with Gasteiger partial charge in [0.2, 0.25) is 5.92 Å². The summed E-state index contributed by atoms with van der Waals surface area (Å²) in [5, 5.41) is 4.26. The minimum absolute atomic E-state index is 0.131. The maximum absolute atomic E-state index is 13.9. The van der Waals surface area contributed by atoms with Crippen molar-refractivity contribution in [3.8, 4) is 0 Å². The van der Waals surface area contributed by atoms with Gasteiger partial charge in [0.15, 0.2) is 9.84 Å². The molecule has 3 atom stereocenters. The Hall–Kier alpha value is -1.67. The average Bonchev–Trinajstić information content (AvgIpc) is 2.59. The second-order valence-corrected chi connectivity index (χ2v) is 9.70. The molecule has 1 aliphatic rings. The molecule has 2 amide bonds. The van der Waals surface area contributed by atoms with Gasteiger partial charge in [-0.05, 0) is 44.4 Å². The van der Waals surface area contributed by atoms with Crippen molar-refractivity contribution in [2.24, 2.45) is 5.92 Å². The SMILES string of the molecule is CC(/C=C/S(C)(=O)=O)NC(=O)N1CC[C@@H](C(C)(F)F)C[C@H]1c1ccc(Cl)cc1. The number of rotatable bonds is 5. The summed E-state index contributed by atoms with van der Waals surface area (Å²) in [5.74, 6) is -3.67. The fraction of sp³-hybridized carbons (Fsp3) is 0.526. The van der Waals surface area contributed by atoms with Crippen LogP contribution in [0.15, 0.2) is 35.7 Å². The molecular formula is C19H25ClF2N2O3S. The molecule has 1 saturated heterocycles. The van der Waals surface area contributed by atoms with Crippen molar-refractivity contribution in [1.29, 1.82) is 0 Å². The van der Waals surface area contributed by atoms with Gasteiger partial charge >= 0.3 is 6.03 Å². The predicted molar refractivity (Wildman–Crippen MR) is 106 cm³/mol. The molecule has 1 heterocycles. The van der Waals surface area contributed by atoms with Crippen LogP contribution in [0.1, 0.15) is 38.3 Å². The van der Waals surface area contributed by atoms with Gasteiger partial charge in [-0.15, -0.1) is 0 Å². The number of hydrogen-bond donors (Lipinski definition) is 1. The predicted octanol–water partition coefficient (Wildman–Crippen LogP) is 4.40. The lowest BCUT2D eigenvalue weighted by atomic mass is 9.84. The number of piperidine rings is 1. The zero-order valence-corrected chi connectivity index (χ0v) is 17.6. The average molecular weight is 435 g/mol. The number of nitrogens with zero attached hydrogens (tertiary/aromatic N) is 1. The number of urea groups is 1. The number of alkyl halides is 2. The van der Waals surface area contributed by atoms with Crippen molar-refractivity contribution < 1.29 is 22.0 Å². The van der Waals surface area contributed by atoms with Crippen molar-refractivity contribution in [3.05, 3.63) is 46.3 Å². The largest absolute Gasteiger partial charge is 0.332 e. The third-order valence-electron chi connectivity index (χ3n) is 4.80. The summed E-state index contributed by atoms with van der Waals surface area (Å²) >= 11 is 5.92. The van der Waals surface area contributed by atoms with E-state index in [4.69, 9.17) is 11.6 Å². The van der Waals surface area contributed by atoms with Crippen molar-refractivity contribution in [1.82, 2.24) is 10.2 Å². The Morgan fingerprint density at radius 1 is 1.36 bits per heavy atom. The van der Waals surface area contributed by atoms with E-state index in [2.05, 4.69) is 5.32 Å². The molecule has 5 nitrogen and oxygen atoms in total. The lowest BCUT2D eigenvalue weighted by molar-refractivity contribution is -0.0686. The van der Waals surface area contributed by atoms with Crippen LogP contribution in [-0.2, 0) is 9.84 Å². The van der Waals surface area contributed by atoms with Crippen LogP contribution in [0.5, 0.6) is 0 Å². The van der Waals surface area contributed by atoms with Crippen LogP contribution in [0.3, 0.4) is 0 Å². The maximum atomic E-state index is 13.9. The van der Waals surface area contributed by atoms with Crippen LogP contribution in [0.25, 0.3) is 0 Å². The maximum Gasteiger partial charge on any atom is 0.318 e. The first-order valence-electron chi connectivity index (χ1n) is 8.95. The molecule has 0 saturated carbocycles. The molecule has 1 aromatic rings. The van der Waals surface area contributed by atoms with Gasteiger partial charge in [0.05, 0.1) is 6.04 Å². The van der Waals surface area contributed by atoms with E-state index < -0.39 is 39.8 Å². The molecule has 1 unspecified atom stereocenters. The Morgan fingerprint density at radius 2 is 1.96 bits per heavy atom. The molecule has 156 valence electrons. The molecule has 1 aliphatic heterocycles. The van der Waals surface area contributed by atoms with Gasteiger partial charge in [0, 0.05) is 35.2 Å². The quantitative estimate of drug-likeness (QED) is 0.746. The van der Waals surface area contributed by atoms with Crippen molar-refractivity contribution >= 4 is 27.5 Å². The van der Waals surface area contributed by atoms with E-state index in [-0.39, 0.29) is 19.4 Å². The molecule has 1 fully saturated rings. The van der Waals surface area contributed by atoms with Gasteiger partial charge in [-0.3, -0.25) is 0 Å². The normalized spacial score (nSPS) is 22.3. The number of sulfone groups is 1. The van der Waals surface area contributed by atoms with Crippen molar-refractivity contribution in [2.45, 2.75) is 44.7 Å². The highest BCUT2D eigenvalue weighted by molar-refractivity contribution is 7.93. The lowest BCUT2D eigenvalue weighted by Crippen LogP contribution is -2.50. The number of halogens is 3. The molecule has 1 N–H and O–H groups in total. The van der Waals surface area contributed by atoms with E-state index in [1.807, 2.05) is 0 Å². The first-order chi connectivity index (χ1) is 12.9. The van der Waals surface area contributed by atoms with Crippen molar-refractivity contribution in [2.75, 3.05) is 12.8 Å². The Balaban J connectivity index is 2.21. The van der Waals surface area contributed by atoms with E-state index in [1.54, 1.807) is 31.2 Å². The Morgan fingerprint density at radius 3 is 2.50 bits per heavy atom. The van der Waals surface area contributed by atoms with E-state index >= 15 is 0 Å². The summed E-state index contributed by atoms with van der Waals surface area (Å²) in [6.07, 6.45) is 2.75. The first kappa shape index (κ1) is 22.6. The van der Waals surface area contributed by atoms with E-state index in [9.17, 15) is 22.0 Å². The number of hydrogen-bond acceptors (Lipinski definition) is 3. The molecule has 28 heavy (non-hydrogen) atoms. The van der Waals surface area contributed by atoms with E-state index in [1.165, 1.54) is 11.0 Å². The summed E-state index contributed by atoms with van der Waals surface area (Å²) in [6.45, 7) is 2.73. The monoisotopic (exact) mass is 434 g/mol. The minimum atomic E-state index is -3.30. The Labute approximate surface area is 169 Å². The number of nitrogens with one attached hydrogen (secondary N) is 1. The zero-order chi connectivity index (χ0) is 21.1. The number of benzene rings is 1. The second-order valence-electron chi connectivity index (χ2n) is 7.33. The number of carbonyl (C=O) groups is 1. The highest BCUT2D eigenvalue weighted by atomic mass is 35.5. The van der Waals surface area contributed by atoms with Crippen LogP contribution in [0.4, 0.5) is 13.6 Å². The first-order valence-corrected chi connectivity index (χ1v) is 11.3. The minimum Gasteiger partial charge on any atom is -0.332 e. The van der Waals surface area contributed by atoms with E-state index in [0.717, 1.165) is 24.2 Å². The van der Waals surface area contributed by atoms with Gasteiger partial charge in [-0.2, -0.15) is 0 Å². The Kier molecular flexibility index (Phi) is 7.09. The topological polar surface area (TPSA) is 66.5 Å². The molecule has 0 aliphatic carbocycles. The second kappa shape index (κ2) is 8.78. The number of carbonyl (C=O) groups excluding carboxylic acids is 1. The molecule has 1 aromatic carbocycles. The van der Waals surface area contributed by atoms with Gasteiger partial charge < -0.3 is 10.2 Å². The van der Waals surface area contributed by atoms with Gasteiger partial charge in [0.25, 0.3) is 0 Å². The lowest BCUT2D eigenvalue weighted by Gasteiger charge is -2.41. The zero-order valence-electron chi connectivity index (χ0n) is 16.0. The summed E-state index contributed by atoms with van der Waals surface area (Å²) in [6, 6.07) is 5.32. The van der Waals surface area contributed by atoms with Gasteiger partial charge in [-0.1, -0.05) is 29.8 Å². The van der Waals surface area contributed by atoms with Crippen LogP contribution < -0.4 is 5.32 Å². The number of amides is 2.